The number of hydrogen-bond acceptors (Lipinski definition) is 4. The minimum absolute atomic E-state index is 0.442. The molecule has 19 heavy (non-hydrogen) atoms. The van der Waals surface area contributed by atoms with Gasteiger partial charge in [-0.25, -0.2) is 0 Å². The van der Waals surface area contributed by atoms with E-state index < -0.39 is 12.0 Å². The second kappa shape index (κ2) is 6.68. The van der Waals surface area contributed by atoms with Gasteiger partial charge in [-0.15, -0.1) is 0 Å². The lowest BCUT2D eigenvalue weighted by atomic mass is 9.97. The van der Waals surface area contributed by atoms with Gasteiger partial charge in [0.25, 0.3) is 0 Å². The molecular formula is C14H27N3O2. The van der Waals surface area contributed by atoms with Crippen molar-refractivity contribution in [1.82, 2.24) is 15.1 Å². The number of carboxylic acid groups (broad SMARTS) is 1. The third kappa shape index (κ3) is 3.68. The molecule has 0 spiro atoms. The standard InChI is InChI=1S/C14H27N3O2/c1-3-15-13(14(18)19)10-17-9-12-6-4-5-7-16(12)8-11(17)2/h11-13,15H,3-10H2,1-2H3,(H,18,19). The number of piperidine rings is 1. The molecule has 0 saturated carbocycles. The molecule has 0 bridgehead atoms. The van der Waals surface area contributed by atoms with Crippen LogP contribution in [0.1, 0.15) is 33.1 Å². The Kier molecular flexibility index (Phi) is 5.19. The summed E-state index contributed by atoms with van der Waals surface area (Å²) in [5, 5.41) is 12.3. The molecule has 2 fully saturated rings. The average Bonchev–Trinajstić information content (AvgIpc) is 2.38. The van der Waals surface area contributed by atoms with Crippen molar-refractivity contribution in [3.63, 3.8) is 0 Å². The summed E-state index contributed by atoms with van der Waals surface area (Å²) in [6.45, 7) is 8.83. The number of carboxylic acids is 1. The Morgan fingerprint density at radius 1 is 1.42 bits per heavy atom. The van der Waals surface area contributed by atoms with Gasteiger partial charge in [0.1, 0.15) is 6.04 Å². The Labute approximate surface area is 115 Å². The summed E-state index contributed by atoms with van der Waals surface area (Å²) < 4.78 is 0. The Morgan fingerprint density at radius 3 is 2.89 bits per heavy atom. The van der Waals surface area contributed by atoms with Crippen molar-refractivity contribution >= 4 is 5.97 Å². The fourth-order valence-electron chi connectivity index (χ4n) is 3.38. The van der Waals surface area contributed by atoms with Crippen LogP contribution in [0, 0.1) is 0 Å². The van der Waals surface area contributed by atoms with Crippen molar-refractivity contribution in [2.45, 2.75) is 51.2 Å². The van der Waals surface area contributed by atoms with Crippen LogP contribution in [0.25, 0.3) is 0 Å². The van der Waals surface area contributed by atoms with Gasteiger partial charge in [0, 0.05) is 31.7 Å². The molecule has 0 aromatic rings. The molecule has 0 radical (unpaired) electrons. The van der Waals surface area contributed by atoms with Gasteiger partial charge in [-0.1, -0.05) is 13.3 Å². The van der Waals surface area contributed by atoms with Gasteiger partial charge in [0.15, 0.2) is 0 Å². The number of piperazine rings is 1. The molecule has 2 heterocycles. The smallest absolute Gasteiger partial charge is 0.322 e. The molecule has 3 unspecified atom stereocenters. The number of likely N-dealkylation sites (N-methyl/N-ethyl adjacent to an activating group) is 1. The maximum Gasteiger partial charge on any atom is 0.322 e. The molecule has 0 aromatic carbocycles. The zero-order chi connectivity index (χ0) is 13.8. The second-order valence-electron chi connectivity index (χ2n) is 5.90. The van der Waals surface area contributed by atoms with E-state index in [1.54, 1.807) is 0 Å². The highest BCUT2D eigenvalue weighted by molar-refractivity contribution is 5.73. The molecule has 0 aromatic heterocycles. The number of hydrogen-bond donors (Lipinski definition) is 2. The summed E-state index contributed by atoms with van der Waals surface area (Å²) in [5.74, 6) is -0.736. The number of fused-ring (bicyclic) bond motifs is 1. The second-order valence-corrected chi connectivity index (χ2v) is 5.90. The summed E-state index contributed by atoms with van der Waals surface area (Å²) in [6, 6.07) is 0.651. The summed E-state index contributed by atoms with van der Waals surface area (Å²) in [5.41, 5.74) is 0. The van der Waals surface area contributed by atoms with E-state index in [1.807, 2.05) is 6.92 Å². The van der Waals surface area contributed by atoms with E-state index in [-0.39, 0.29) is 0 Å². The molecule has 2 saturated heterocycles. The van der Waals surface area contributed by atoms with E-state index in [9.17, 15) is 9.90 Å². The van der Waals surface area contributed by atoms with E-state index in [2.05, 4.69) is 22.0 Å². The van der Waals surface area contributed by atoms with Crippen LogP contribution in [0.4, 0.5) is 0 Å². The number of nitrogens with zero attached hydrogens (tertiary/aromatic N) is 2. The number of rotatable bonds is 5. The van der Waals surface area contributed by atoms with Crippen molar-refractivity contribution in [2.75, 3.05) is 32.7 Å². The van der Waals surface area contributed by atoms with Crippen LogP contribution < -0.4 is 5.32 Å². The Bertz CT molecular complexity index is 311. The maximum absolute atomic E-state index is 11.3. The molecule has 110 valence electrons. The number of nitrogens with one attached hydrogen (secondary N) is 1. The van der Waals surface area contributed by atoms with Gasteiger partial charge in [-0.3, -0.25) is 14.6 Å². The van der Waals surface area contributed by atoms with Crippen LogP contribution in [0.2, 0.25) is 0 Å². The fraction of sp³-hybridized carbons (Fsp3) is 0.929. The van der Waals surface area contributed by atoms with Gasteiger partial charge >= 0.3 is 5.97 Å². The zero-order valence-electron chi connectivity index (χ0n) is 12.1. The first-order valence-electron chi connectivity index (χ1n) is 7.56. The van der Waals surface area contributed by atoms with Gasteiger partial charge < -0.3 is 10.4 Å². The molecular weight excluding hydrogens is 242 g/mol. The van der Waals surface area contributed by atoms with Gasteiger partial charge in [-0.05, 0) is 32.9 Å². The molecule has 5 heteroatoms. The molecule has 2 aliphatic heterocycles. The summed E-state index contributed by atoms with van der Waals surface area (Å²) in [4.78, 5) is 16.2. The van der Waals surface area contributed by atoms with Crippen LogP contribution in [0.15, 0.2) is 0 Å². The minimum atomic E-state index is -0.736. The normalized spacial score (nSPS) is 30.8. The third-order valence-corrected chi connectivity index (χ3v) is 4.48. The van der Waals surface area contributed by atoms with E-state index in [0.29, 0.717) is 25.2 Å². The van der Waals surface area contributed by atoms with Crippen LogP contribution >= 0.6 is 0 Å². The number of carbonyl (C=O) groups is 1. The van der Waals surface area contributed by atoms with E-state index >= 15 is 0 Å². The topological polar surface area (TPSA) is 55.8 Å². The largest absolute Gasteiger partial charge is 0.480 e. The average molecular weight is 269 g/mol. The molecule has 2 N–H and O–H groups in total. The summed E-state index contributed by atoms with van der Waals surface area (Å²) in [7, 11) is 0. The van der Waals surface area contributed by atoms with Crippen LogP contribution in [-0.4, -0.2) is 71.7 Å². The van der Waals surface area contributed by atoms with Gasteiger partial charge in [0.2, 0.25) is 0 Å². The Morgan fingerprint density at radius 2 is 2.21 bits per heavy atom. The molecule has 5 nitrogen and oxygen atoms in total. The lowest BCUT2D eigenvalue weighted by Crippen LogP contribution is -2.61. The van der Waals surface area contributed by atoms with Crippen LogP contribution in [-0.2, 0) is 4.79 Å². The first kappa shape index (κ1) is 14.8. The van der Waals surface area contributed by atoms with Crippen molar-refractivity contribution in [2.24, 2.45) is 0 Å². The quantitative estimate of drug-likeness (QED) is 0.766. The van der Waals surface area contributed by atoms with E-state index in [0.717, 1.165) is 13.1 Å². The van der Waals surface area contributed by atoms with E-state index in [1.165, 1.54) is 25.8 Å². The third-order valence-electron chi connectivity index (χ3n) is 4.48. The fourth-order valence-corrected chi connectivity index (χ4v) is 3.38. The molecule has 0 aliphatic carbocycles. The first-order valence-corrected chi connectivity index (χ1v) is 7.56. The maximum atomic E-state index is 11.3. The highest BCUT2D eigenvalue weighted by Gasteiger charge is 2.34. The first-order chi connectivity index (χ1) is 9.11. The van der Waals surface area contributed by atoms with Crippen LogP contribution in [0.5, 0.6) is 0 Å². The minimum Gasteiger partial charge on any atom is -0.480 e. The molecule has 2 aliphatic rings. The van der Waals surface area contributed by atoms with Crippen LogP contribution in [0.3, 0.4) is 0 Å². The number of aliphatic carboxylic acids is 1. The highest BCUT2D eigenvalue weighted by Crippen LogP contribution is 2.23. The van der Waals surface area contributed by atoms with Crippen molar-refractivity contribution in [3.8, 4) is 0 Å². The molecule has 0 amide bonds. The van der Waals surface area contributed by atoms with Crippen molar-refractivity contribution in [3.05, 3.63) is 0 Å². The zero-order valence-corrected chi connectivity index (χ0v) is 12.1. The predicted molar refractivity (Wildman–Crippen MR) is 75.3 cm³/mol. The Balaban J connectivity index is 1.93. The van der Waals surface area contributed by atoms with E-state index in [4.69, 9.17) is 0 Å². The van der Waals surface area contributed by atoms with Gasteiger partial charge in [0.05, 0.1) is 0 Å². The monoisotopic (exact) mass is 269 g/mol. The summed E-state index contributed by atoms with van der Waals surface area (Å²) >= 11 is 0. The highest BCUT2D eigenvalue weighted by atomic mass is 16.4. The van der Waals surface area contributed by atoms with Crippen molar-refractivity contribution < 1.29 is 9.90 Å². The lowest BCUT2D eigenvalue weighted by Gasteiger charge is -2.48. The molecule has 3 atom stereocenters. The lowest BCUT2D eigenvalue weighted by molar-refractivity contribution is -0.140. The molecule has 2 rings (SSSR count). The summed E-state index contributed by atoms with van der Waals surface area (Å²) in [6.07, 6.45) is 3.90. The SMILES string of the molecule is CCNC(CN1CC2CCCCN2CC1C)C(=O)O. The van der Waals surface area contributed by atoms with Gasteiger partial charge in [-0.2, -0.15) is 0 Å². The Hall–Kier alpha value is -0.650. The van der Waals surface area contributed by atoms with Crippen molar-refractivity contribution in [1.29, 1.82) is 0 Å². The predicted octanol–water partition coefficient (Wildman–Crippen LogP) is 0.608.